The van der Waals surface area contributed by atoms with E-state index < -0.39 is 33.2 Å². The summed E-state index contributed by atoms with van der Waals surface area (Å²) in [5.74, 6) is -1.15. The molecule has 13 heteroatoms. The van der Waals surface area contributed by atoms with E-state index in [0.717, 1.165) is 16.4 Å². The first-order chi connectivity index (χ1) is 15.5. The van der Waals surface area contributed by atoms with Crippen molar-refractivity contribution in [2.24, 2.45) is 0 Å². The minimum absolute atomic E-state index is 0.0257. The summed E-state index contributed by atoms with van der Waals surface area (Å²) in [6.45, 7) is 0.495. The van der Waals surface area contributed by atoms with Gasteiger partial charge in [-0.05, 0) is 36.4 Å². The summed E-state index contributed by atoms with van der Waals surface area (Å²) in [7, 11) is -1.65. The summed E-state index contributed by atoms with van der Waals surface area (Å²) in [6, 6.07) is 7.14. The molecule has 0 radical (unpaired) electrons. The number of hydroxylamine groups is 1. The van der Waals surface area contributed by atoms with E-state index in [1.807, 2.05) is 0 Å². The maximum Gasteiger partial charge on any atom is 0.416 e. The van der Waals surface area contributed by atoms with Crippen LogP contribution in [0.1, 0.15) is 15.9 Å². The number of alkyl halides is 3. The first kappa shape index (κ1) is 24.6. The van der Waals surface area contributed by atoms with Crippen molar-refractivity contribution < 1.29 is 41.1 Å². The van der Waals surface area contributed by atoms with Crippen LogP contribution in [0, 0.1) is 0 Å². The Bertz CT molecular complexity index is 1120. The number of nitrogens with one attached hydrogen (secondary N) is 1. The van der Waals surface area contributed by atoms with E-state index in [1.54, 1.807) is 4.90 Å². The van der Waals surface area contributed by atoms with Gasteiger partial charge in [0.25, 0.3) is 5.91 Å². The van der Waals surface area contributed by atoms with E-state index in [0.29, 0.717) is 5.69 Å². The molecule has 1 aliphatic heterocycles. The molecule has 0 aliphatic carbocycles. The van der Waals surface area contributed by atoms with Crippen LogP contribution < -0.4 is 19.9 Å². The normalized spacial score (nSPS) is 15.3. The smallest absolute Gasteiger partial charge is 0.416 e. The van der Waals surface area contributed by atoms with Crippen molar-refractivity contribution >= 4 is 21.6 Å². The molecule has 33 heavy (non-hydrogen) atoms. The molecule has 2 aromatic carbocycles. The molecule has 0 bridgehead atoms. The Kier molecular flexibility index (Phi) is 7.05. The van der Waals surface area contributed by atoms with Gasteiger partial charge in [0.1, 0.15) is 5.56 Å². The molecule has 0 spiro atoms. The molecule has 1 fully saturated rings. The van der Waals surface area contributed by atoms with Crippen molar-refractivity contribution in [2.45, 2.75) is 11.1 Å². The highest BCUT2D eigenvalue weighted by Crippen LogP contribution is 2.37. The van der Waals surface area contributed by atoms with Crippen molar-refractivity contribution in [1.29, 1.82) is 0 Å². The number of carbonyl (C=O) groups excluding carboxylic acids is 1. The third kappa shape index (κ3) is 4.84. The third-order valence-corrected chi connectivity index (χ3v) is 7.19. The summed E-state index contributed by atoms with van der Waals surface area (Å²) >= 11 is 0. The van der Waals surface area contributed by atoms with Crippen LogP contribution in [0.2, 0.25) is 0 Å². The molecular weight excluding hydrogens is 467 g/mol. The van der Waals surface area contributed by atoms with Crippen LogP contribution in [0.25, 0.3) is 0 Å². The monoisotopic (exact) mass is 489 g/mol. The van der Waals surface area contributed by atoms with Crippen LogP contribution >= 0.6 is 0 Å². The SMILES string of the molecule is COc1ccc(S(=O)(=O)N2CCN(c3ccc(C(F)(F)F)cc3)CC2)c(C(=O)NO)c1OC. The van der Waals surface area contributed by atoms with Crippen molar-refractivity contribution in [2.75, 3.05) is 45.3 Å². The second kappa shape index (κ2) is 9.45. The molecule has 1 heterocycles. The van der Waals surface area contributed by atoms with Gasteiger partial charge in [0.05, 0.1) is 24.7 Å². The Labute approximate surface area is 188 Å². The first-order valence-corrected chi connectivity index (χ1v) is 11.1. The van der Waals surface area contributed by atoms with E-state index in [-0.39, 0.29) is 42.6 Å². The van der Waals surface area contributed by atoms with Crippen LogP contribution in [-0.4, -0.2) is 64.2 Å². The Morgan fingerprint density at radius 1 is 1.00 bits per heavy atom. The Balaban J connectivity index is 1.85. The predicted molar refractivity (Wildman–Crippen MR) is 111 cm³/mol. The van der Waals surface area contributed by atoms with Crippen LogP contribution in [0.4, 0.5) is 18.9 Å². The van der Waals surface area contributed by atoms with E-state index >= 15 is 0 Å². The van der Waals surface area contributed by atoms with E-state index in [2.05, 4.69) is 0 Å². The average molecular weight is 489 g/mol. The second-order valence-corrected chi connectivity index (χ2v) is 8.96. The molecule has 1 amide bonds. The number of ether oxygens (including phenoxy) is 2. The molecule has 180 valence electrons. The van der Waals surface area contributed by atoms with Gasteiger partial charge in [-0.25, -0.2) is 13.9 Å². The highest BCUT2D eigenvalue weighted by atomic mass is 32.2. The topological polar surface area (TPSA) is 108 Å². The van der Waals surface area contributed by atoms with Gasteiger partial charge in [0.15, 0.2) is 11.5 Å². The lowest BCUT2D eigenvalue weighted by Crippen LogP contribution is -2.49. The number of halogens is 3. The van der Waals surface area contributed by atoms with Gasteiger partial charge in [-0.1, -0.05) is 0 Å². The van der Waals surface area contributed by atoms with Crippen molar-refractivity contribution in [3.63, 3.8) is 0 Å². The number of benzene rings is 2. The summed E-state index contributed by atoms with van der Waals surface area (Å²) in [6.07, 6.45) is -4.44. The van der Waals surface area contributed by atoms with Crippen molar-refractivity contribution in [1.82, 2.24) is 9.79 Å². The summed E-state index contributed by atoms with van der Waals surface area (Å²) in [5, 5.41) is 9.12. The molecule has 2 aromatic rings. The number of amides is 1. The van der Waals surface area contributed by atoms with Gasteiger partial charge in [-0.3, -0.25) is 10.0 Å². The van der Waals surface area contributed by atoms with Gasteiger partial charge >= 0.3 is 6.18 Å². The number of sulfonamides is 1. The lowest BCUT2D eigenvalue weighted by molar-refractivity contribution is -0.137. The zero-order chi connectivity index (χ0) is 24.4. The van der Waals surface area contributed by atoms with Gasteiger partial charge < -0.3 is 14.4 Å². The van der Waals surface area contributed by atoms with E-state index in [9.17, 15) is 26.4 Å². The van der Waals surface area contributed by atoms with Crippen LogP contribution in [0.5, 0.6) is 11.5 Å². The maximum atomic E-state index is 13.3. The van der Waals surface area contributed by atoms with E-state index in [4.69, 9.17) is 14.7 Å². The number of anilines is 1. The minimum atomic E-state index is -4.44. The molecule has 1 aliphatic rings. The molecule has 1 saturated heterocycles. The molecule has 3 rings (SSSR count). The Morgan fingerprint density at radius 2 is 1.61 bits per heavy atom. The lowest BCUT2D eigenvalue weighted by atomic mass is 10.1. The fourth-order valence-corrected chi connectivity index (χ4v) is 5.19. The summed E-state index contributed by atoms with van der Waals surface area (Å²) in [4.78, 5) is 13.7. The van der Waals surface area contributed by atoms with Crippen LogP contribution in [-0.2, 0) is 16.2 Å². The summed E-state index contributed by atoms with van der Waals surface area (Å²) < 4.78 is 76.4. The Hall–Kier alpha value is -3.03. The first-order valence-electron chi connectivity index (χ1n) is 9.66. The van der Waals surface area contributed by atoms with Crippen LogP contribution in [0.3, 0.4) is 0 Å². The Morgan fingerprint density at radius 3 is 2.09 bits per heavy atom. The van der Waals surface area contributed by atoms with Crippen LogP contribution in [0.15, 0.2) is 41.3 Å². The molecule has 0 atom stereocenters. The number of methoxy groups -OCH3 is 2. The number of piperazine rings is 1. The minimum Gasteiger partial charge on any atom is -0.493 e. The molecule has 0 unspecified atom stereocenters. The third-order valence-electron chi connectivity index (χ3n) is 5.25. The van der Waals surface area contributed by atoms with Gasteiger partial charge in [0.2, 0.25) is 10.0 Å². The molecule has 9 nitrogen and oxygen atoms in total. The number of hydrogen-bond acceptors (Lipinski definition) is 7. The highest BCUT2D eigenvalue weighted by molar-refractivity contribution is 7.89. The van der Waals surface area contributed by atoms with Gasteiger partial charge in [0, 0.05) is 31.9 Å². The van der Waals surface area contributed by atoms with Crippen molar-refractivity contribution in [3.05, 3.63) is 47.5 Å². The standard InChI is InChI=1S/C20H22F3N3O6S/c1-31-15-7-8-16(17(18(15)32-2)19(27)24-28)33(29,30)26-11-9-25(10-12-26)14-5-3-13(4-6-14)20(21,22)23/h3-8,28H,9-12H2,1-2H3,(H,24,27). The molecule has 0 aromatic heterocycles. The zero-order valence-electron chi connectivity index (χ0n) is 17.7. The quantitative estimate of drug-likeness (QED) is 0.474. The van der Waals surface area contributed by atoms with E-state index in [1.165, 1.54) is 44.0 Å². The lowest BCUT2D eigenvalue weighted by Gasteiger charge is -2.35. The fraction of sp³-hybridized carbons (Fsp3) is 0.350. The number of rotatable bonds is 6. The highest BCUT2D eigenvalue weighted by Gasteiger charge is 2.35. The molecule has 2 N–H and O–H groups in total. The average Bonchev–Trinajstić information content (AvgIpc) is 2.82. The van der Waals surface area contributed by atoms with Gasteiger partial charge in [-0.2, -0.15) is 17.5 Å². The number of carbonyl (C=O) groups is 1. The fourth-order valence-electron chi connectivity index (χ4n) is 3.58. The summed E-state index contributed by atoms with van der Waals surface area (Å²) in [5.41, 5.74) is 0.774. The zero-order valence-corrected chi connectivity index (χ0v) is 18.5. The second-order valence-electron chi connectivity index (χ2n) is 7.05. The predicted octanol–water partition coefficient (Wildman–Crippen LogP) is 2.35. The molecular formula is C20H22F3N3O6S. The van der Waals surface area contributed by atoms with Crippen molar-refractivity contribution in [3.8, 4) is 11.5 Å². The maximum absolute atomic E-state index is 13.3. The largest absolute Gasteiger partial charge is 0.493 e. The van der Waals surface area contributed by atoms with Gasteiger partial charge in [-0.15, -0.1) is 0 Å². The number of hydrogen-bond donors (Lipinski definition) is 2. The molecule has 0 saturated carbocycles. The number of nitrogens with zero attached hydrogens (tertiary/aromatic N) is 2.